The van der Waals surface area contributed by atoms with E-state index >= 15 is 0 Å². The van der Waals surface area contributed by atoms with Crippen LogP contribution in [0, 0.1) is 0 Å². The Kier molecular flexibility index (Phi) is 4.47. The molecule has 1 nitrogen and oxygen atoms in total. The molecule has 0 atom stereocenters. The van der Waals surface area contributed by atoms with Crippen molar-refractivity contribution in [3.63, 3.8) is 0 Å². The fourth-order valence-corrected chi connectivity index (χ4v) is 1.42. The molecule has 0 aliphatic rings. The van der Waals surface area contributed by atoms with Gasteiger partial charge in [0, 0.05) is 0 Å². The number of nitrogens with two attached hydrogens (primary N) is 1. The van der Waals surface area contributed by atoms with Gasteiger partial charge in [-0.2, -0.15) is 0 Å². The molecule has 2 N–H and O–H groups in total. The average molecular weight is 193 g/mol. The van der Waals surface area contributed by atoms with Crippen molar-refractivity contribution in [2.45, 2.75) is 25.7 Å². The molecule has 70 valence electrons. The number of thiocarbonyl (C=S) groups is 1. The Morgan fingerprint density at radius 1 is 1.15 bits per heavy atom. The standard InChI is InChI=1S/C11H15NS/c12-11(13)9-5-4-8-10-6-2-1-3-7-10/h1-3,6-7H,4-5,8-9H2,(H2,12,13). The van der Waals surface area contributed by atoms with Crippen LogP contribution < -0.4 is 5.73 Å². The molecule has 0 fully saturated rings. The summed E-state index contributed by atoms with van der Waals surface area (Å²) in [6.07, 6.45) is 4.28. The maximum atomic E-state index is 5.40. The summed E-state index contributed by atoms with van der Waals surface area (Å²) in [4.78, 5) is 0.632. The predicted octanol–water partition coefficient (Wildman–Crippen LogP) is 2.69. The Bertz CT molecular complexity index is 256. The molecule has 0 aliphatic heterocycles. The van der Waals surface area contributed by atoms with Crippen molar-refractivity contribution in [3.05, 3.63) is 35.9 Å². The minimum atomic E-state index is 0.632. The highest BCUT2D eigenvalue weighted by molar-refractivity contribution is 7.80. The first kappa shape index (κ1) is 10.2. The number of benzene rings is 1. The molecule has 2 heteroatoms. The average Bonchev–Trinajstić information content (AvgIpc) is 2.14. The Morgan fingerprint density at radius 2 is 1.85 bits per heavy atom. The number of aryl methyl sites for hydroxylation is 1. The summed E-state index contributed by atoms with van der Waals surface area (Å²) in [6.45, 7) is 0. The van der Waals surface area contributed by atoms with Crippen LogP contribution in [0.1, 0.15) is 24.8 Å². The minimum Gasteiger partial charge on any atom is -0.393 e. The van der Waals surface area contributed by atoms with Crippen LogP contribution >= 0.6 is 12.2 Å². The molecule has 0 saturated heterocycles. The first-order valence-electron chi connectivity index (χ1n) is 4.61. The molecule has 1 aromatic carbocycles. The zero-order chi connectivity index (χ0) is 9.52. The van der Waals surface area contributed by atoms with Crippen molar-refractivity contribution in [2.24, 2.45) is 5.73 Å². The predicted molar refractivity (Wildman–Crippen MR) is 60.8 cm³/mol. The third-order valence-electron chi connectivity index (χ3n) is 1.98. The van der Waals surface area contributed by atoms with Crippen LogP contribution in [0.2, 0.25) is 0 Å². The number of rotatable bonds is 5. The Morgan fingerprint density at radius 3 is 2.46 bits per heavy atom. The van der Waals surface area contributed by atoms with Gasteiger partial charge in [-0.15, -0.1) is 0 Å². The molecular weight excluding hydrogens is 178 g/mol. The van der Waals surface area contributed by atoms with Gasteiger partial charge in [0.15, 0.2) is 0 Å². The van der Waals surface area contributed by atoms with Gasteiger partial charge in [0.1, 0.15) is 0 Å². The largest absolute Gasteiger partial charge is 0.393 e. The van der Waals surface area contributed by atoms with Crippen molar-refractivity contribution in [1.82, 2.24) is 0 Å². The van der Waals surface area contributed by atoms with Gasteiger partial charge < -0.3 is 5.73 Å². The molecule has 13 heavy (non-hydrogen) atoms. The van der Waals surface area contributed by atoms with Gasteiger partial charge in [-0.05, 0) is 31.2 Å². The van der Waals surface area contributed by atoms with Crippen LogP contribution in [0.4, 0.5) is 0 Å². The number of hydrogen-bond donors (Lipinski definition) is 1. The van der Waals surface area contributed by atoms with Gasteiger partial charge in [-0.1, -0.05) is 42.5 Å². The molecule has 0 radical (unpaired) electrons. The van der Waals surface area contributed by atoms with Gasteiger partial charge in [0.2, 0.25) is 0 Å². The van der Waals surface area contributed by atoms with E-state index in [4.69, 9.17) is 18.0 Å². The molecule has 0 bridgehead atoms. The maximum absolute atomic E-state index is 5.40. The Hall–Kier alpha value is -0.890. The lowest BCUT2D eigenvalue weighted by Gasteiger charge is -2.00. The zero-order valence-electron chi connectivity index (χ0n) is 7.70. The molecule has 0 spiro atoms. The second-order valence-corrected chi connectivity index (χ2v) is 3.68. The highest BCUT2D eigenvalue weighted by atomic mass is 32.1. The lowest BCUT2D eigenvalue weighted by molar-refractivity contribution is 0.763. The van der Waals surface area contributed by atoms with E-state index in [9.17, 15) is 0 Å². The topological polar surface area (TPSA) is 26.0 Å². The molecule has 0 aliphatic carbocycles. The quantitative estimate of drug-likeness (QED) is 0.574. The summed E-state index contributed by atoms with van der Waals surface area (Å²) in [5.74, 6) is 0. The molecule has 1 rings (SSSR count). The molecule has 0 aromatic heterocycles. The van der Waals surface area contributed by atoms with E-state index < -0.39 is 0 Å². The monoisotopic (exact) mass is 193 g/mol. The van der Waals surface area contributed by atoms with E-state index in [0.717, 1.165) is 19.3 Å². The second kappa shape index (κ2) is 5.70. The second-order valence-electron chi connectivity index (χ2n) is 3.16. The molecule has 0 amide bonds. The summed E-state index contributed by atoms with van der Waals surface area (Å²) >= 11 is 4.80. The number of unbranched alkanes of at least 4 members (excludes halogenated alkanes) is 1. The highest BCUT2D eigenvalue weighted by Gasteiger charge is 1.93. The van der Waals surface area contributed by atoms with E-state index in [1.165, 1.54) is 12.0 Å². The van der Waals surface area contributed by atoms with Gasteiger partial charge >= 0.3 is 0 Å². The third-order valence-corrected chi connectivity index (χ3v) is 2.19. The SMILES string of the molecule is NC(=S)CCCCc1ccccc1. The van der Waals surface area contributed by atoms with E-state index in [-0.39, 0.29) is 0 Å². The lowest BCUT2D eigenvalue weighted by Crippen LogP contribution is -2.06. The maximum Gasteiger partial charge on any atom is 0.0727 e. The fraction of sp³-hybridized carbons (Fsp3) is 0.364. The van der Waals surface area contributed by atoms with Gasteiger partial charge in [0.25, 0.3) is 0 Å². The summed E-state index contributed by atoms with van der Waals surface area (Å²) in [6, 6.07) is 10.5. The van der Waals surface area contributed by atoms with E-state index in [1.807, 2.05) is 6.07 Å². The zero-order valence-corrected chi connectivity index (χ0v) is 8.52. The summed E-state index contributed by atoms with van der Waals surface area (Å²) in [7, 11) is 0. The Balaban J connectivity index is 2.17. The number of hydrogen-bond acceptors (Lipinski definition) is 1. The summed E-state index contributed by atoms with van der Waals surface area (Å²) in [5.41, 5.74) is 6.80. The third kappa shape index (κ3) is 4.63. The lowest BCUT2D eigenvalue weighted by atomic mass is 10.1. The molecule has 1 aromatic rings. The van der Waals surface area contributed by atoms with Crippen LogP contribution in [-0.2, 0) is 6.42 Å². The van der Waals surface area contributed by atoms with Gasteiger partial charge in [-0.3, -0.25) is 0 Å². The van der Waals surface area contributed by atoms with Crippen molar-refractivity contribution < 1.29 is 0 Å². The van der Waals surface area contributed by atoms with Crippen molar-refractivity contribution in [2.75, 3.05) is 0 Å². The van der Waals surface area contributed by atoms with Gasteiger partial charge in [0.05, 0.1) is 4.99 Å². The molecule has 0 saturated carbocycles. The molecular formula is C11H15NS. The van der Waals surface area contributed by atoms with Crippen LogP contribution in [-0.4, -0.2) is 4.99 Å². The van der Waals surface area contributed by atoms with E-state index in [2.05, 4.69) is 24.3 Å². The molecule has 0 heterocycles. The summed E-state index contributed by atoms with van der Waals surface area (Å²) in [5, 5.41) is 0. The summed E-state index contributed by atoms with van der Waals surface area (Å²) < 4.78 is 0. The van der Waals surface area contributed by atoms with Crippen LogP contribution in [0.15, 0.2) is 30.3 Å². The van der Waals surface area contributed by atoms with Crippen molar-refractivity contribution >= 4 is 17.2 Å². The Labute approximate surface area is 85.0 Å². The molecule has 0 unspecified atom stereocenters. The van der Waals surface area contributed by atoms with Crippen LogP contribution in [0.25, 0.3) is 0 Å². The van der Waals surface area contributed by atoms with Crippen LogP contribution in [0.5, 0.6) is 0 Å². The minimum absolute atomic E-state index is 0.632. The van der Waals surface area contributed by atoms with Gasteiger partial charge in [-0.25, -0.2) is 0 Å². The highest BCUT2D eigenvalue weighted by Crippen LogP contribution is 2.05. The van der Waals surface area contributed by atoms with Crippen molar-refractivity contribution in [3.8, 4) is 0 Å². The van der Waals surface area contributed by atoms with E-state index in [0.29, 0.717) is 4.99 Å². The van der Waals surface area contributed by atoms with E-state index in [1.54, 1.807) is 0 Å². The smallest absolute Gasteiger partial charge is 0.0727 e. The first-order valence-corrected chi connectivity index (χ1v) is 5.02. The fourth-order valence-electron chi connectivity index (χ4n) is 1.27. The first-order chi connectivity index (χ1) is 6.29. The van der Waals surface area contributed by atoms with Crippen molar-refractivity contribution in [1.29, 1.82) is 0 Å². The normalized spacial score (nSPS) is 9.85. The van der Waals surface area contributed by atoms with Crippen LogP contribution in [0.3, 0.4) is 0 Å².